The number of aliphatic hydroxyl groups is 1. The molecule has 0 bridgehead atoms. The molecule has 3 atom stereocenters. The van der Waals surface area contributed by atoms with Gasteiger partial charge in [0.25, 0.3) is 0 Å². The molecule has 0 unspecified atom stereocenters. The van der Waals surface area contributed by atoms with Crippen molar-refractivity contribution in [1.29, 1.82) is 0 Å². The van der Waals surface area contributed by atoms with Crippen LogP contribution in [-0.2, 0) is 10.0 Å². The fourth-order valence-electron chi connectivity index (χ4n) is 3.31. The monoisotopic (exact) mass is 335 g/mol. The van der Waals surface area contributed by atoms with Crippen molar-refractivity contribution in [2.75, 3.05) is 7.05 Å². The molecule has 6 nitrogen and oxygen atoms in total. The summed E-state index contributed by atoms with van der Waals surface area (Å²) >= 11 is 0. The molecule has 1 N–H and O–H groups in total. The minimum atomic E-state index is -3.63. The van der Waals surface area contributed by atoms with E-state index in [4.69, 9.17) is 0 Å². The summed E-state index contributed by atoms with van der Waals surface area (Å²) in [5, 5.41) is 10.6. The molecule has 2 aromatic rings. The van der Waals surface area contributed by atoms with Crippen LogP contribution < -0.4 is 0 Å². The van der Waals surface area contributed by atoms with E-state index in [-0.39, 0.29) is 6.04 Å². The van der Waals surface area contributed by atoms with Crippen molar-refractivity contribution in [3.05, 3.63) is 48.5 Å². The molecular formula is C16H21N3O3S. The third-order valence-electron chi connectivity index (χ3n) is 4.67. The molecule has 0 amide bonds. The highest BCUT2D eigenvalue weighted by atomic mass is 32.2. The SMILES string of the molecule is Cc1ccccc1S(=O)(=O)N(C)[C@@H]1CC[C@@H](n2ccnc2)[C@@H]1O. The first-order valence-electron chi connectivity index (χ1n) is 7.62. The Kier molecular flexibility index (Phi) is 4.27. The van der Waals surface area contributed by atoms with E-state index in [1.54, 1.807) is 50.9 Å². The molecule has 1 heterocycles. The van der Waals surface area contributed by atoms with Crippen molar-refractivity contribution < 1.29 is 13.5 Å². The van der Waals surface area contributed by atoms with E-state index in [2.05, 4.69) is 4.98 Å². The molecule has 1 fully saturated rings. The second-order valence-corrected chi connectivity index (χ2v) is 7.97. The summed E-state index contributed by atoms with van der Waals surface area (Å²) in [5.74, 6) is 0. The number of aromatic nitrogens is 2. The van der Waals surface area contributed by atoms with Crippen molar-refractivity contribution in [3.8, 4) is 0 Å². The molecule has 0 radical (unpaired) electrons. The minimum Gasteiger partial charge on any atom is -0.389 e. The third-order valence-corrected chi connectivity index (χ3v) is 6.72. The molecule has 23 heavy (non-hydrogen) atoms. The van der Waals surface area contributed by atoms with Gasteiger partial charge in [-0.1, -0.05) is 18.2 Å². The summed E-state index contributed by atoms with van der Waals surface area (Å²) in [5.41, 5.74) is 0.706. The highest BCUT2D eigenvalue weighted by Crippen LogP contribution is 2.35. The van der Waals surface area contributed by atoms with E-state index in [0.29, 0.717) is 16.9 Å². The maximum atomic E-state index is 12.9. The maximum Gasteiger partial charge on any atom is 0.243 e. The lowest BCUT2D eigenvalue weighted by Gasteiger charge is -2.28. The number of benzene rings is 1. The van der Waals surface area contributed by atoms with Gasteiger partial charge in [0.05, 0.1) is 29.4 Å². The number of aryl methyl sites for hydroxylation is 1. The Morgan fingerprint density at radius 2 is 2.04 bits per heavy atom. The number of imidazole rings is 1. The standard InChI is InChI=1S/C16H21N3O3S/c1-12-5-3-4-6-15(12)23(21,22)18(2)13-7-8-14(16(13)20)19-10-9-17-11-19/h3-6,9-11,13-14,16,20H,7-8H2,1-2H3/t13-,14-,16-/m1/s1. The molecule has 1 aromatic carbocycles. The first-order valence-corrected chi connectivity index (χ1v) is 9.06. The Morgan fingerprint density at radius 3 is 2.70 bits per heavy atom. The summed E-state index contributed by atoms with van der Waals surface area (Å²) in [7, 11) is -2.08. The van der Waals surface area contributed by atoms with E-state index in [0.717, 1.165) is 6.42 Å². The highest BCUT2D eigenvalue weighted by molar-refractivity contribution is 7.89. The van der Waals surface area contributed by atoms with Gasteiger partial charge in [0, 0.05) is 19.4 Å². The Hall–Kier alpha value is -1.70. The normalized spacial score (nSPS) is 25.1. The number of sulfonamides is 1. The largest absolute Gasteiger partial charge is 0.389 e. The Bertz CT molecular complexity index is 774. The predicted octanol–water partition coefficient (Wildman–Crippen LogP) is 1.58. The third kappa shape index (κ3) is 2.80. The smallest absolute Gasteiger partial charge is 0.243 e. The van der Waals surface area contributed by atoms with Crippen LogP contribution in [0.2, 0.25) is 0 Å². The number of nitrogens with zero attached hydrogens (tertiary/aromatic N) is 3. The van der Waals surface area contributed by atoms with Crippen LogP contribution in [0.15, 0.2) is 47.9 Å². The average molecular weight is 335 g/mol. The fourth-order valence-corrected chi connectivity index (χ4v) is 4.93. The molecule has 0 saturated heterocycles. The van der Waals surface area contributed by atoms with Gasteiger partial charge in [0.15, 0.2) is 0 Å². The number of aliphatic hydroxyl groups excluding tert-OH is 1. The van der Waals surface area contributed by atoms with Crippen LogP contribution in [0, 0.1) is 6.92 Å². The van der Waals surface area contributed by atoms with E-state index in [1.165, 1.54) is 4.31 Å². The van der Waals surface area contributed by atoms with E-state index in [9.17, 15) is 13.5 Å². The van der Waals surface area contributed by atoms with Crippen LogP contribution in [0.3, 0.4) is 0 Å². The maximum absolute atomic E-state index is 12.9. The van der Waals surface area contributed by atoms with E-state index < -0.39 is 22.2 Å². The van der Waals surface area contributed by atoms with Crippen LogP contribution in [-0.4, -0.2) is 46.6 Å². The second-order valence-electron chi connectivity index (χ2n) is 6.00. The van der Waals surface area contributed by atoms with Gasteiger partial charge in [-0.3, -0.25) is 0 Å². The molecule has 0 spiro atoms. The van der Waals surface area contributed by atoms with E-state index in [1.807, 2.05) is 10.6 Å². The molecule has 0 aliphatic heterocycles. The van der Waals surface area contributed by atoms with Crippen molar-refractivity contribution in [2.24, 2.45) is 0 Å². The summed E-state index contributed by atoms with van der Waals surface area (Å²) in [6.07, 6.45) is 5.70. The van der Waals surface area contributed by atoms with Crippen molar-refractivity contribution in [1.82, 2.24) is 13.9 Å². The predicted molar refractivity (Wildman–Crippen MR) is 86.4 cm³/mol. The van der Waals surface area contributed by atoms with Gasteiger partial charge in [-0.15, -0.1) is 0 Å². The van der Waals surface area contributed by atoms with Gasteiger partial charge in [0.1, 0.15) is 0 Å². The lowest BCUT2D eigenvalue weighted by Crippen LogP contribution is -2.43. The van der Waals surface area contributed by atoms with Gasteiger partial charge in [-0.05, 0) is 31.4 Å². The summed E-state index contributed by atoms with van der Waals surface area (Å²) in [6.45, 7) is 1.78. The second kappa shape index (κ2) is 6.07. The fraction of sp³-hybridized carbons (Fsp3) is 0.438. The van der Waals surface area contributed by atoms with Crippen LogP contribution in [0.25, 0.3) is 0 Å². The van der Waals surface area contributed by atoms with Crippen LogP contribution in [0.1, 0.15) is 24.4 Å². The van der Waals surface area contributed by atoms with Gasteiger partial charge < -0.3 is 9.67 Å². The van der Waals surface area contributed by atoms with Crippen molar-refractivity contribution in [2.45, 2.75) is 42.8 Å². The lowest BCUT2D eigenvalue weighted by molar-refractivity contribution is 0.0883. The molecular weight excluding hydrogens is 314 g/mol. The Balaban J connectivity index is 1.86. The number of rotatable bonds is 4. The van der Waals surface area contributed by atoms with Crippen LogP contribution in [0.5, 0.6) is 0 Å². The first-order chi connectivity index (χ1) is 10.9. The van der Waals surface area contributed by atoms with E-state index >= 15 is 0 Å². The molecule has 7 heteroatoms. The van der Waals surface area contributed by atoms with Gasteiger partial charge in [-0.25, -0.2) is 13.4 Å². The molecule has 1 aliphatic rings. The summed E-state index contributed by atoms with van der Waals surface area (Å²) in [6, 6.07) is 6.33. The van der Waals surface area contributed by atoms with Gasteiger partial charge >= 0.3 is 0 Å². The zero-order chi connectivity index (χ0) is 16.6. The summed E-state index contributed by atoms with van der Waals surface area (Å²) in [4.78, 5) is 4.29. The molecule has 1 aliphatic carbocycles. The molecule has 3 rings (SSSR count). The van der Waals surface area contributed by atoms with Crippen LogP contribution >= 0.6 is 0 Å². The van der Waals surface area contributed by atoms with Crippen LogP contribution in [0.4, 0.5) is 0 Å². The zero-order valence-corrected chi connectivity index (χ0v) is 14.0. The number of likely N-dealkylation sites (N-methyl/N-ethyl adjacent to an activating group) is 1. The molecule has 124 valence electrons. The molecule has 1 saturated carbocycles. The van der Waals surface area contributed by atoms with Gasteiger partial charge in [-0.2, -0.15) is 4.31 Å². The molecule has 1 aromatic heterocycles. The topological polar surface area (TPSA) is 75.4 Å². The quantitative estimate of drug-likeness (QED) is 0.920. The van der Waals surface area contributed by atoms with Crippen molar-refractivity contribution in [3.63, 3.8) is 0 Å². The number of hydrogen-bond donors (Lipinski definition) is 1. The lowest BCUT2D eigenvalue weighted by atomic mass is 10.2. The zero-order valence-electron chi connectivity index (χ0n) is 13.2. The Labute approximate surface area is 136 Å². The highest BCUT2D eigenvalue weighted by Gasteiger charge is 2.42. The van der Waals surface area contributed by atoms with Crippen molar-refractivity contribution >= 4 is 10.0 Å². The number of hydrogen-bond acceptors (Lipinski definition) is 4. The Morgan fingerprint density at radius 1 is 1.30 bits per heavy atom. The first kappa shape index (κ1) is 16.2. The summed E-state index contributed by atoms with van der Waals surface area (Å²) < 4.78 is 28.9. The van der Waals surface area contributed by atoms with Gasteiger partial charge in [0.2, 0.25) is 10.0 Å². The minimum absolute atomic E-state index is 0.142. The average Bonchev–Trinajstić information content (AvgIpc) is 3.16.